The van der Waals surface area contributed by atoms with Crippen molar-refractivity contribution >= 4 is 17.6 Å². The topological polar surface area (TPSA) is 102 Å². The Hall–Kier alpha value is -2.08. The van der Waals surface area contributed by atoms with Gasteiger partial charge in [0, 0.05) is 5.69 Å². The minimum atomic E-state index is -1.04. The first kappa shape index (κ1) is 14.0. The fourth-order valence-electron chi connectivity index (χ4n) is 1.20. The van der Waals surface area contributed by atoms with Crippen LogP contribution in [0.4, 0.5) is 5.69 Å². The molecule has 98 valence electrons. The predicted octanol–water partition coefficient (Wildman–Crippen LogP) is 0.826. The van der Waals surface area contributed by atoms with E-state index in [1.165, 1.54) is 0 Å². The highest BCUT2D eigenvalue weighted by Crippen LogP contribution is 2.15. The Morgan fingerprint density at radius 1 is 1.39 bits per heavy atom. The summed E-state index contributed by atoms with van der Waals surface area (Å²) in [5, 5.41) is 11.1. The van der Waals surface area contributed by atoms with Gasteiger partial charge in [-0.05, 0) is 30.7 Å². The van der Waals surface area contributed by atoms with E-state index in [2.05, 4.69) is 5.32 Å². The number of aliphatic carboxylic acids is 1. The van der Waals surface area contributed by atoms with Crippen LogP contribution in [-0.4, -0.2) is 29.6 Å². The van der Waals surface area contributed by atoms with Crippen LogP contribution in [0.3, 0.4) is 0 Å². The molecule has 0 bridgehead atoms. The van der Waals surface area contributed by atoms with Gasteiger partial charge in [-0.15, -0.1) is 0 Å². The summed E-state index contributed by atoms with van der Waals surface area (Å²) in [6.45, 7) is 1.43. The Morgan fingerprint density at radius 2 is 2.00 bits per heavy atom. The minimum Gasteiger partial charge on any atom is -0.482 e. The number of anilines is 1. The smallest absolute Gasteiger partial charge is 0.341 e. The van der Waals surface area contributed by atoms with Crippen molar-refractivity contribution < 1.29 is 19.4 Å². The Morgan fingerprint density at radius 3 is 2.50 bits per heavy atom. The lowest BCUT2D eigenvalue weighted by molar-refractivity contribution is -0.139. The molecule has 0 unspecified atom stereocenters. The van der Waals surface area contributed by atoms with Crippen LogP contribution in [-0.2, 0) is 9.59 Å². The third kappa shape index (κ3) is 4.42. The van der Waals surface area contributed by atoms with Crippen LogP contribution in [0.15, 0.2) is 24.3 Å². The molecule has 18 heavy (non-hydrogen) atoms. The first-order chi connectivity index (χ1) is 8.52. The molecule has 0 aromatic heterocycles. The lowest BCUT2D eigenvalue weighted by Gasteiger charge is -2.10. The van der Waals surface area contributed by atoms with Gasteiger partial charge in [-0.25, -0.2) is 4.79 Å². The highest BCUT2D eigenvalue weighted by Gasteiger charge is 2.10. The first-order valence-electron chi connectivity index (χ1n) is 5.54. The Bertz CT molecular complexity index is 417. The van der Waals surface area contributed by atoms with E-state index in [4.69, 9.17) is 15.6 Å². The summed E-state index contributed by atoms with van der Waals surface area (Å²) in [6.07, 6.45) is 0.561. The van der Waals surface area contributed by atoms with Gasteiger partial charge in [0.2, 0.25) is 5.91 Å². The predicted molar refractivity (Wildman–Crippen MR) is 66.5 cm³/mol. The van der Waals surface area contributed by atoms with E-state index >= 15 is 0 Å². The van der Waals surface area contributed by atoms with E-state index in [1.807, 2.05) is 6.92 Å². The molecule has 1 rings (SSSR count). The van der Waals surface area contributed by atoms with Crippen molar-refractivity contribution in [1.29, 1.82) is 0 Å². The second-order valence-corrected chi connectivity index (χ2v) is 3.71. The summed E-state index contributed by atoms with van der Waals surface area (Å²) >= 11 is 0. The SMILES string of the molecule is CC[C@H](N)C(=O)Nc1ccc(OCC(=O)O)cc1. The molecule has 0 radical (unpaired) electrons. The Kier molecular flexibility index (Phi) is 5.13. The van der Waals surface area contributed by atoms with E-state index in [0.29, 0.717) is 17.9 Å². The number of amides is 1. The highest BCUT2D eigenvalue weighted by atomic mass is 16.5. The zero-order chi connectivity index (χ0) is 13.5. The summed E-state index contributed by atoms with van der Waals surface area (Å²) in [5.74, 6) is -0.867. The molecule has 0 spiro atoms. The standard InChI is InChI=1S/C12H16N2O4/c1-2-10(13)12(17)14-8-3-5-9(6-4-8)18-7-11(15)16/h3-6,10H,2,7,13H2,1H3,(H,14,17)(H,15,16)/t10-/m0/s1. The van der Waals surface area contributed by atoms with Gasteiger partial charge in [-0.1, -0.05) is 6.92 Å². The van der Waals surface area contributed by atoms with Crippen molar-refractivity contribution in [3.63, 3.8) is 0 Å². The molecule has 0 aliphatic carbocycles. The number of hydrogen-bond acceptors (Lipinski definition) is 4. The summed E-state index contributed by atoms with van der Waals surface area (Å²) in [5.41, 5.74) is 6.16. The number of ether oxygens (including phenoxy) is 1. The van der Waals surface area contributed by atoms with E-state index in [1.54, 1.807) is 24.3 Å². The monoisotopic (exact) mass is 252 g/mol. The summed E-state index contributed by atoms with van der Waals surface area (Å²) in [4.78, 5) is 21.8. The number of benzene rings is 1. The van der Waals surface area contributed by atoms with Crippen molar-refractivity contribution in [2.24, 2.45) is 5.73 Å². The third-order valence-electron chi connectivity index (χ3n) is 2.26. The number of carbonyl (C=O) groups is 2. The van der Waals surface area contributed by atoms with Crippen LogP contribution in [0.5, 0.6) is 5.75 Å². The number of nitrogens with two attached hydrogens (primary N) is 1. The number of rotatable bonds is 6. The summed E-state index contributed by atoms with van der Waals surface area (Å²) in [7, 11) is 0. The van der Waals surface area contributed by atoms with Gasteiger partial charge in [0.1, 0.15) is 5.75 Å². The highest BCUT2D eigenvalue weighted by molar-refractivity contribution is 5.94. The van der Waals surface area contributed by atoms with Gasteiger partial charge >= 0.3 is 5.97 Å². The van der Waals surface area contributed by atoms with E-state index in [9.17, 15) is 9.59 Å². The molecule has 4 N–H and O–H groups in total. The van der Waals surface area contributed by atoms with Crippen molar-refractivity contribution in [1.82, 2.24) is 0 Å². The molecular formula is C12H16N2O4. The van der Waals surface area contributed by atoms with Crippen molar-refractivity contribution in [2.75, 3.05) is 11.9 Å². The van der Waals surface area contributed by atoms with Gasteiger partial charge in [0.25, 0.3) is 0 Å². The molecule has 1 aromatic rings. The lowest BCUT2D eigenvalue weighted by Crippen LogP contribution is -2.34. The minimum absolute atomic E-state index is 0.253. The van der Waals surface area contributed by atoms with Crippen LogP contribution in [0.25, 0.3) is 0 Å². The largest absolute Gasteiger partial charge is 0.482 e. The van der Waals surface area contributed by atoms with Crippen LogP contribution in [0.1, 0.15) is 13.3 Å². The van der Waals surface area contributed by atoms with Gasteiger partial charge < -0.3 is 20.9 Å². The van der Waals surface area contributed by atoms with E-state index in [0.717, 1.165) is 0 Å². The van der Waals surface area contributed by atoms with Gasteiger partial charge in [-0.2, -0.15) is 0 Å². The summed E-state index contributed by atoms with van der Waals surface area (Å²) in [6, 6.07) is 5.87. The average Bonchev–Trinajstić information content (AvgIpc) is 2.36. The molecule has 6 heteroatoms. The van der Waals surface area contributed by atoms with Gasteiger partial charge in [-0.3, -0.25) is 4.79 Å². The number of hydrogen-bond donors (Lipinski definition) is 3. The maximum atomic E-state index is 11.5. The average molecular weight is 252 g/mol. The molecule has 1 atom stereocenters. The number of nitrogens with one attached hydrogen (secondary N) is 1. The van der Waals surface area contributed by atoms with Crippen LogP contribution >= 0.6 is 0 Å². The molecule has 0 saturated carbocycles. The second-order valence-electron chi connectivity index (χ2n) is 3.71. The molecule has 1 aromatic carbocycles. The summed E-state index contributed by atoms with van der Waals surface area (Å²) < 4.78 is 4.96. The first-order valence-corrected chi connectivity index (χ1v) is 5.54. The fraction of sp³-hybridized carbons (Fsp3) is 0.333. The second kappa shape index (κ2) is 6.61. The molecule has 0 aliphatic heterocycles. The molecule has 0 fully saturated rings. The van der Waals surface area contributed by atoms with Crippen LogP contribution < -0.4 is 15.8 Å². The Labute approximate surface area is 105 Å². The number of carbonyl (C=O) groups excluding carboxylic acids is 1. The molecule has 0 heterocycles. The van der Waals surface area contributed by atoms with Crippen molar-refractivity contribution in [3.8, 4) is 5.75 Å². The van der Waals surface area contributed by atoms with Crippen LogP contribution in [0.2, 0.25) is 0 Å². The fourth-order valence-corrected chi connectivity index (χ4v) is 1.20. The molecular weight excluding hydrogens is 236 g/mol. The maximum Gasteiger partial charge on any atom is 0.341 e. The normalized spacial score (nSPS) is 11.7. The molecule has 1 amide bonds. The van der Waals surface area contributed by atoms with Crippen molar-refractivity contribution in [3.05, 3.63) is 24.3 Å². The zero-order valence-electron chi connectivity index (χ0n) is 10.1. The molecule has 0 saturated heterocycles. The Balaban J connectivity index is 2.55. The molecule has 6 nitrogen and oxygen atoms in total. The van der Waals surface area contributed by atoms with Gasteiger partial charge in [0.05, 0.1) is 6.04 Å². The van der Waals surface area contributed by atoms with E-state index in [-0.39, 0.29) is 5.91 Å². The number of carboxylic acid groups (broad SMARTS) is 1. The van der Waals surface area contributed by atoms with Crippen molar-refractivity contribution in [2.45, 2.75) is 19.4 Å². The lowest BCUT2D eigenvalue weighted by atomic mass is 10.2. The quantitative estimate of drug-likeness (QED) is 0.696. The maximum absolute atomic E-state index is 11.5. The molecule has 0 aliphatic rings. The zero-order valence-corrected chi connectivity index (χ0v) is 10.1. The third-order valence-corrected chi connectivity index (χ3v) is 2.26. The van der Waals surface area contributed by atoms with Crippen LogP contribution in [0, 0.1) is 0 Å². The van der Waals surface area contributed by atoms with Gasteiger partial charge in [0.15, 0.2) is 6.61 Å². The van der Waals surface area contributed by atoms with E-state index < -0.39 is 18.6 Å². The number of carboxylic acids is 1.